The van der Waals surface area contributed by atoms with Crippen LogP contribution in [0.3, 0.4) is 0 Å². The quantitative estimate of drug-likeness (QED) is 0.728. The molecule has 0 fully saturated rings. The van der Waals surface area contributed by atoms with Gasteiger partial charge in [-0.1, -0.05) is 12.1 Å². The average molecular weight is 360 g/mol. The van der Waals surface area contributed by atoms with Gasteiger partial charge in [-0.25, -0.2) is 0 Å². The van der Waals surface area contributed by atoms with Gasteiger partial charge in [0, 0.05) is 17.1 Å². The van der Waals surface area contributed by atoms with Gasteiger partial charge in [0.05, 0.1) is 23.9 Å². The number of carbonyl (C=O) groups excluding carboxylic acids is 1. The number of nitrogens with zero attached hydrogens (tertiary/aromatic N) is 1. The van der Waals surface area contributed by atoms with E-state index in [-0.39, 0.29) is 5.52 Å². The molecular weight excluding hydrogens is 345 g/mol. The van der Waals surface area contributed by atoms with Crippen LogP contribution < -0.4 is 10.1 Å². The zero-order valence-corrected chi connectivity index (χ0v) is 14.0. The topological polar surface area (TPSA) is 51.2 Å². The van der Waals surface area contributed by atoms with E-state index in [9.17, 15) is 18.0 Å². The lowest BCUT2D eigenvalue weighted by Crippen LogP contribution is -2.13. The average Bonchev–Trinajstić information content (AvgIpc) is 2.61. The molecule has 3 rings (SSSR count). The zero-order chi connectivity index (χ0) is 18.9. The van der Waals surface area contributed by atoms with Crippen molar-refractivity contribution in [2.75, 3.05) is 12.4 Å². The standard InChI is InChI=1S/C19H15F3N2O2/c1-11-3-4-12(9-17(11)26-2)18(25)24-15-7-8-23-16-10-13(19(20,21)22)5-6-14(15)16/h3-10H,1-2H3,(H,23,24,25). The van der Waals surface area contributed by atoms with Crippen molar-refractivity contribution in [3.05, 3.63) is 65.4 Å². The van der Waals surface area contributed by atoms with E-state index in [1.807, 2.05) is 6.92 Å². The number of nitrogens with one attached hydrogen (secondary N) is 1. The number of alkyl halides is 3. The summed E-state index contributed by atoms with van der Waals surface area (Å²) in [4.78, 5) is 16.5. The highest BCUT2D eigenvalue weighted by molar-refractivity contribution is 6.08. The molecule has 7 heteroatoms. The van der Waals surface area contributed by atoms with Crippen LogP contribution in [0.4, 0.5) is 18.9 Å². The van der Waals surface area contributed by atoms with Crippen LogP contribution in [-0.4, -0.2) is 18.0 Å². The van der Waals surface area contributed by atoms with E-state index in [4.69, 9.17) is 4.74 Å². The molecule has 1 amide bonds. The first-order valence-electron chi connectivity index (χ1n) is 7.71. The van der Waals surface area contributed by atoms with Gasteiger partial charge in [-0.3, -0.25) is 9.78 Å². The van der Waals surface area contributed by atoms with E-state index < -0.39 is 17.6 Å². The van der Waals surface area contributed by atoms with Crippen molar-refractivity contribution < 1.29 is 22.7 Å². The van der Waals surface area contributed by atoms with E-state index in [0.29, 0.717) is 22.4 Å². The molecule has 3 aromatic rings. The maximum Gasteiger partial charge on any atom is 0.416 e. The van der Waals surface area contributed by atoms with Gasteiger partial charge in [0.15, 0.2) is 0 Å². The molecule has 0 bridgehead atoms. The van der Waals surface area contributed by atoms with E-state index in [2.05, 4.69) is 10.3 Å². The zero-order valence-electron chi connectivity index (χ0n) is 14.0. The molecule has 0 aliphatic rings. The Balaban J connectivity index is 1.95. The fourth-order valence-corrected chi connectivity index (χ4v) is 2.59. The number of amides is 1. The predicted molar refractivity (Wildman–Crippen MR) is 92.4 cm³/mol. The van der Waals surface area contributed by atoms with Crippen molar-refractivity contribution in [3.63, 3.8) is 0 Å². The van der Waals surface area contributed by atoms with Gasteiger partial charge in [-0.05, 0) is 42.8 Å². The smallest absolute Gasteiger partial charge is 0.416 e. The van der Waals surface area contributed by atoms with Crippen molar-refractivity contribution in [2.45, 2.75) is 13.1 Å². The van der Waals surface area contributed by atoms with Crippen LogP contribution >= 0.6 is 0 Å². The van der Waals surface area contributed by atoms with E-state index in [1.54, 1.807) is 24.3 Å². The summed E-state index contributed by atoms with van der Waals surface area (Å²) in [6.45, 7) is 1.86. The molecule has 0 aliphatic carbocycles. The molecule has 26 heavy (non-hydrogen) atoms. The summed E-state index contributed by atoms with van der Waals surface area (Å²) in [5.74, 6) is 0.183. The van der Waals surface area contributed by atoms with E-state index >= 15 is 0 Å². The number of ether oxygens (including phenoxy) is 1. The third kappa shape index (κ3) is 3.46. The number of anilines is 1. The first-order chi connectivity index (χ1) is 12.3. The number of aryl methyl sites for hydroxylation is 1. The second kappa shape index (κ2) is 6.67. The van der Waals surface area contributed by atoms with Crippen LogP contribution in [0.15, 0.2) is 48.7 Å². The Kier molecular flexibility index (Phi) is 4.54. The number of benzene rings is 2. The van der Waals surface area contributed by atoms with Gasteiger partial charge >= 0.3 is 6.18 Å². The molecule has 1 N–H and O–H groups in total. The van der Waals surface area contributed by atoms with Gasteiger partial charge in [0.1, 0.15) is 5.75 Å². The minimum Gasteiger partial charge on any atom is -0.496 e. The van der Waals surface area contributed by atoms with Crippen molar-refractivity contribution in [2.24, 2.45) is 0 Å². The molecule has 0 saturated heterocycles. The summed E-state index contributed by atoms with van der Waals surface area (Å²) in [5.41, 5.74) is 1.01. The lowest BCUT2D eigenvalue weighted by molar-refractivity contribution is -0.137. The maximum atomic E-state index is 12.8. The van der Waals surface area contributed by atoms with E-state index in [0.717, 1.165) is 17.7 Å². The van der Waals surface area contributed by atoms with Gasteiger partial charge in [-0.2, -0.15) is 13.2 Å². The molecule has 0 aliphatic heterocycles. The predicted octanol–water partition coefficient (Wildman–Crippen LogP) is 4.82. The molecule has 4 nitrogen and oxygen atoms in total. The highest BCUT2D eigenvalue weighted by Gasteiger charge is 2.30. The van der Waals surface area contributed by atoms with Crippen LogP contribution in [0, 0.1) is 6.92 Å². The summed E-state index contributed by atoms with van der Waals surface area (Å²) in [7, 11) is 1.51. The normalized spacial score (nSPS) is 11.4. The van der Waals surface area contributed by atoms with Gasteiger partial charge in [0.2, 0.25) is 0 Å². The Bertz CT molecular complexity index is 984. The van der Waals surface area contributed by atoms with Crippen LogP contribution in [0.5, 0.6) is 5.75 Å². The van der Waals surface area contributed by atoms with Crippen molar-refractivity contribution >= 4 is 22.5 Å². The summed E-state index contributed by atoms with van der Waals surface area (Å²) in [6.07, 6.45) is -3.10. The molecule has 0 radical (unpaired) electrons. The summed E-state index contributed by atoms with van der Waals surface area (Å²) in [6, 6.07) is 9.78. The van der Waals surface area contributed by atoms with E-state index in [1.165, 1.54) is 19.4 Å². The maximum absolute atomic E-state index is 12.8. The van der Waals surface area contributed by atoms with Gasteiger partial charge < -0.3 is 10.1 Å². The largest absolute Gasteiger partial charge is 0.496 e. The molecule has 0 atom stereocenters. The molecule has 0 unspecified atom stereocenters. The number of halogens is 3. The number of rotatable bonds is 3. The Morgan fingerprint density at radius 1 is 1.12 bits per heavy atom. The monoisotopic (exact) mass is 360 g/mol. The number of hydrogen-bond acceptors (Lipinski definition) is 3. The molecule has 0 saturated carbocycles. The SMILES string of the molecule is COc1cc(C(=O)Nc2ccnc3cc(C(F)(F)F)ccc23)ccc1C. The van der Waals surface area contributed by atoms with Gasteiger partial charge in [0.25, 0.3) is 5.91 Å². The number of carbonyl (C=O) groups is 1. The first-order valence-corrected chi connectivity index (χ1v) is 7.71. The van der Waals surface area contributed by atoms with Crippen LogP contribution in [0.2, 0.25) is 0 Å². The minimum absolute atomic E-state index is 0.152. The highest BCUT2D eigenvalue weighted by atomic mass is 19.4. The fourth-order valence-electron chi connectivity index (χ4n) is 2.59. The number of hydrogen-bond donors (Lipinski definition) is 1. The van der Waals surface area contributed by atoms with Crippen LogP contribution in [0.25, 0.3) is 10.9 Å². The molecule has 134 valence electrons. The molecule has 1 aromatic heterocycles. The third-order valence-electron chi connectivity index (χ3n) is 3.99. The lowest BCUT2D eigenvalue weighted by atomic mass is 10.1. The number of methoxy groups -OCH3 is 1. The van der Waals surface area contributed by atoms with Crippen molar-refractivity contribution in [1.82, 2.24) is 4.98 Å². The van der Waals surface area contributed by atoms with Crippen molar-refractivity contribution in [1.29, 1.82) is 0 Å². The molecule has 0 spiro atoms. The second-order valence-corrected chi connectivity index (χ2v) is 5.73. The number of fused-ring (bicyclic) bond motifs is 1. The Hall–Kier alpha value is -3.09. The minimum atomic E-state index is -4.45. The third-order valence-corrected chi connectivity index (χ3v) is 3.99. The molecular formula is C19H15F3N2O2. The molecule has 2 aromatic carbocycles. The number of pyridine rings is 1. The summed E-state index contributed by atoms with van der Waals surface area (Å²) >= 11 is 0. The Morgan fingerprint density at radius 2 is 1.88 bits per heavy atom. The lowest BCUT2D eigenvalue weighted by Gasteiger charge is -2.12. The van der Waals surface area contributed by atoms with Crippen LogP contribution in [-0.2, 0) is 6.18 Å². The first kappa shape index (κ1) is 17.7. The van der Waals surface area contributed by atoms with Crippen molar-refractivity contribution in [3.8, 4) is 5.75 Å². The summed E-state index contributed by atoms with van der Waals surface area (Å²) < 4.78 is 43.7. The Morgan fingerprint density at radius 3 is 2.58 bits per heavy atom. The van der Waals surface area contributed by atoms with Crippen LogP contribution in [0.1, 0.15) is 21.5 Å². The summed E-state index contributed by atoms with van der Waals surface area (Å²) in [5, 5.41) is 3.14. The number of aromatic nitrogens is 1. The Labute approximate surface area is 147 Å². The molecule has 1 heterocycles. The highest BCUT2D eigenvalue weighted by Crippen LogP contribution is 2.32. The van der Waals surface area contributed by atoms with Gasteiger partial charge in [-0.15, -0.1) is 0 Å². The fraction of sp³-hybridized carbons (Fsp3) is 0.158. The second-order valence-electron chi connectivity index (χ2n) is 5.73.